The van der Waals surface area contributed by atoms with Crippen LogP contribution < -0.4 is 0 Å². The van der Waals surface area contributed by atoms with Crippen molar-refractivity contribution < 1.29 is 0 Å². The molecule has 0 fully saturated rings. The summed E-state index contributed by atoms with van der Waals surface area (Å²) in [6.07, 6.45) is 9.49. The Labute approximate surface area is 180 Å². The summed E-state index contributed by atoms with van der Waals surface area (Å²) in [6, 6.07) is 8.30. The topological polar surface area (TPSA) is 58.0 Å². The van der Waals surface area contributed by atoms with Crippen LogP contribution in [0.15, 0.2) is 49.1 Å². The Bertz CT molecular complexity index is 848. The zero-order chi connectivity index (χ0) is 21.3. The van der Waals surface area contributed by atoms with Crippen molar-refractivity contribution >= 4 is 0 Å². The quantitative estimate of drug-likeness (QED) is 0.514. The van der Waals surface area contributed by atoms with E-state index in [1.807, 2.05) is 36.9 Å². The summed E-state index contributed by atoms with van der Waals surface area (Å²) >= 11 is 0. The van der Waals surface area contributed by atoms with Crippen LogP contribution in [0.3, 0.4) is 0 Å². The molecule has 3 heterocycles. The third-order valence-corrected chi connectivity index (χ3v) is 5.19. The third-order valence-electron chi connectivity index (χ3n) is 5.19. The molecule has 0 unspecified atom stereocenters. The van der Waals surface area contributed by atoms with E-state index in [9.17, 15) is 0 Å². The summed E-state index contributed by atoms with van der Waals surface area (Å²) < 4.78 is 0. The summed E-state index contributed by atoms with van der Waals surface area (Å²) in [6.45, 7) is 7.44. The minimum absolute atomic E-state index is 0.747. The smallest absolute Gasteiger partial charge is 0.0727 e. The summed E-state index contributed by atoms with van der Waals surface area (Å²) in [5.41, 5.74) is 6.80. The third kappa shape index (κ3) is 6.15. The maximum atomic E-state index is 4.63. The van der Waals surface area contributed by atoms with Crippen LogP contribution in [0.1, 0.15) is 47.8 Å². The molecule has 0 N–H and O–H groups in total. The Morgan fingerprint density at radius 3 is 1.43 bits per heavy atom. The van der Waals surface area contributed by atoms with Crippen LogP contribution >= 0.6 is 0 Å². The lowest BCUT2D eigenvalue weighted by molar-refractivity contribution is 0.304. The summed E-state index contributed by atoms with van der Waals surface area (Å²) in [7, 11) is 4.19. The molecule has 158 valence electrons. The molecule has 0 aromatic carbocycles. The zero-order valence-electron chi connectivity index (χ0n) is 18.5. The largest absolute Gasteiger partial charge is 0.295 e. The van der Waals surface area contributed by atoms with Gasteiger partial charge < -0.3 is 0 Å². The lowest BCUT2D eigenvalue weighted by atomic mass is 10.1. The minimum Gasteiger partial charge on any atom is -0.295 e. The number of aromatic nitrogens is 4. The van der Waals surface area contributed by atoms with Crippen LogP contribution in [0, 0.1) is 0 Å². The SMILES string of the molecule is CCc1cccnc1CN(C)Cc1cnc(CN(C)Cc2ncccc2CC)cn1. The average molecular weight is 405 g/mol. The van der Waals surface area contributed by atoms with Crippen molar-refractivity contribution in [3.05, 3.63) is 83.0 Å². The van der Waals surface area contributed by atoms with Gasteiger partial charge in [0.1, 0.15) is 0 Å². The molecule has 0 spiro atoms. The van der Waals surface area contributed by atoms with Crippen LogP contribution in [0.25, 0.3) is 0 Å². The molecule has 3 rings (SSSR count). The van der Waals surface area contributed by atoms with Crippen molar-refractivity contribution in [3.8, 4) is 0 Å². The first-order valence-corrected chi connectivity index (χ1v) is 10.6. The number of rotatable bonds is 10. The van der Waals surface area contributed by atoms with Gasteiger partial charge in [0, 0.05) is 38.6 Å². The van der Waals surface area contributed by atoms with E-state index in [2.05, 4.69) is 69.8 Å². The molecule has 6 heteroatoms. The van der Waals surface area contributed by atoms with Gasteiger partial charge in [-0.25, -0.2) is 0 Å². The molecular formula is C24H32N6. The van der Waals surface area contributed by atoms with E-state index < -0.39 is 0 Å². The van der Waals surface area contributed by atoms with Crippen molar-refractivity contribution in [2.45, 2.75) is 52.9 Å². The second-order valence-corrected chi connectivity index (χ2v) is 7.77. The first-order chi connectivity index (χ1) is 14.6. The second kappa shape index (κ2) is 10.9. The van der Waals surface area contributed by atoms with Gasteiger partial charge in [0.05, 0.1) is 35.2 Å². The number of aryl methyl sites for hydroxylation is 2. The van der Waals surface area contributed by atoms with Crippen molar-refractivity contribution in [1.82, 2.24) is 29.7 Å². The fourth-order valence-corrected chi connectivity index (χ4v) is 3.59. The van der Waals surface area contributed by atoms with Crippen LogP contribution in [-0.4, -0.2) is 43.8 Å². The van der Waals surface area contributed by atoms with E-state index >= 15 is 0 Å². The lowest BCUT2D eigenvalue weighted by Gasteiger charge is -2.18. The van der Waals surface area contributed by atoms with Gasteiger partial charge in [0.15, 0.2) is 0 Å². The number of pyridine rings is 2. The maximum absolute atomic E-state index is 4.63. The standard InChI is InChI=1S/C24H32N6/c1-5-19-9-7-11-25-23(19)17-29(3)15-21-13-28-22(14-27-21)16-30(4)18-24-20(6-2)10-8-12-26-24/h7-14H,5-6,15-18H2,1-4H3. The molecule has 6 nitrogen and oxygen atoms in total. The second-order valence-electron chi connectivity index (χ2n) is 7.77. The van der Waals surface area contributed by atoms with Gasteiger partial charge in [-0.2, -0.15) is 0 Å². The highest BCUT2D eigenvalue weighted by atomic mass is 15.1. The van der Waals surface area contributed by atoms with Gasteiger partial charge in [-0.15, -0.1) is 0 Å². The average Bonchev–Trinajstić information content (AvgIpc) is 2.76. The van der Waals surface area contributed by atoms with Crippen LogP contribution in [0.5, 0.6) is 0 Å². The Balaban J connectivity index is 1.54. The zero-order valence-corrected chi connectivity index (χ0v) is 18.5. The predicted molar refractivity (Wildman–Crippen MR) is 120 cm³/mol. The Morgan fingerprint density at radius 1 is 0.633 bits per heavy atom. The van der Waals surface area contributed by atoms with E-state index in [0.717, 1.165) is 61.8 Å². The monoisotopic (exact) mass is 404 g/mol. The molecule has 0 radical (unpaired) electrons. The van der Waals surface area contributed by atoms with E-state index in [0.29, 0.717) is 0 Å². The van der Waals surface area contributed by atoms with Gasteiger partial charge in [-0.3, -0.25) is 29.7 Å². The molecule has 3 aromatic heterocycles. The Hall–Kier alpha value is -2.70. The fraction of sp³-hybridized carbons (Fsp3) is 0.417. The van der Waals surface area contributed by atoms with Gasteiger partial charge in [0.25, 0.3) is 0 Å². The van der Waals surface area contributed by atoms with Crippen molar-refractivity contribution in [3.63, 3.8) is 0 Å². The van der Waals surface area contributed by atoms with Crippen molar-refractivity contribution in [2.24, 2.45) is 0 Å². The molecule has 0 saturated carbocycles. The molecule has 0 bridgehead atoms. The summed E-state index contributed by atoms with van der Waals surface area (Å²) in [5, 5.41) is 0. The first-order valence-electron chi connectivity index (χ1n) is 10.6. The number of nitrogens with zero attached hydrogens (tertiary/aromatic N) is 6. The maximum Gasteiger partial charge on any atom is 0.0727 e. The van der Waals surface area contributed by atoms with E-state index in [4.69, 9.17) is 0 Å². The van der Waals surface area contributed by atoms with Gasteiger partial charge in [0.2, 0.25) is 0 Å². The number of hydrogen-bond donors (Lipinski definition) is 0. The van der Waals surface area contributed by atoms with Crippen LogP contribution in [-0.2, 0) is 39.0 Å². The molecule has 0 aliphatic rings. The highest BCUT2D eigenvalue weighted by Crippen LogP contribution is 2.12. The summed E-state index contributed by atoms with van der Waals surface area (Å²) in [5.74, 6) is 0. The molecule has 30 heavy (non-hydrogen) atoms. The van der Waals surface area contributed by atoms with Crippen molar-refractivity contribution in [2.75, 3.05) is 14.1 Å². The lowest BCUT2D eigenvalue weighted by Crippen LogP contribution is -2.21. The summed E-state index contributed by atoms with van der Waals surface area (Å²) in [4.78, 5) is 22.8. The van der Waals surface area contributed by atoms with Crippen LogP contribution in [0.4, 0.5) is 0 Å². The molecule has 3 aromatic rings. The highest BCUT2D eigenvalue weighted by molar-refractivity contribution is 5.20. The normalized spacial score (nSPS) is 11.4. The Kier molecular flexibility index (Phi) is 7.99. The molecule has 0 amide bonds. The fourth-order valence-electron chi connectivity index (χ4n) is 3.59. The molecule has 0 saturated heterocycles. The van der Waals surface area contributed by atoms with Crippen LogP contribution in [0.2, 0.25) is 0 Å². The van der Waals surface area contributed by atoms with Gasteiger partial charge in [-0.05, 0) is 50.2 Å². The number of hydrogen-bond acceptors (Lipinski definition) is 6. The minimum atomic E-state index is 0.747. The van der Waals surface area contributed by atoms with Gasteiger partial charge >= 0.3 is 0 Å². The highest BCUT2D eigenvalue weighted by Gasteiger charge is 2.10. The van der Waals surface area contributed by atoms with Gasteiger partial charge in [-0.1, -0.05) is 26.0 Å². The molecule has 0 aliphatic carbocycles. The van der Waals surface area contributed by atoms with E-state index in [1.54, 1.807) is 0 Å². The first kappa shape index (κ1) is 22.0. The van der Waals surface area contributed by atoms with Crippen molar-refractivity contribution in [1.29, 1.82) is 0 Å². The Morgan fingerprint density at radius 2 is 1.07 bits per heavy atom. The van der Waals surface area contributed by atoms with E-state index in [-0.39, 0.29) is 0 Å². The molecule has 0 aliphatic heterocycles. The molecular weight excluding hydrogens is 372 g/mol. The molecule has 0 atom stereocenters. The predicted octanol–water partition coefficient (Wildman–Crippen LogP) is 3.66. The van der Waals surface area contributed by atoms with E-state index in [1.165, 1.54) is 11.1 Å².